The standard InChI is InChI=1S/C18H18ClNO2/c19-15-6-7-16-12(2-1-3-13(16)10-15)4-5-14-11-20-9-8-17(14)18(21)22/h6-12H,1-5H2,(H,21,22). The second-order valence-corrected chi connectivity index (χ2v) is 6.25. The molecule has 0 spiro atoms. The van der Waals surface area contributed by atoms with Gasteiger partial charge >= 0.3 is 5.97 Å². The molecule has 0 fully saturated rings. The first kappa shape index (κ1) is 15.0. The van der Waals surface area contributed by atoms with Crippen molar-refractivity contribution >= 4 is 17.6 Å². The monoisotopic (exact) mass is 315 g/mol. The van der Waals surface area contributed by atoms with Crippen molar-refractivity contribution in [3.63, 3.8) is 0 Å². The molecule has 1 heterocycles. The molecule has 4 heteroatoms. The minimum Gasteiger partial charge on any atom is -0.478 e. The molecule has 0 saturated carbocycles. The summed E-state index contributed by atoms with van der Waals surface area (Å²) in [5.41, 5.74) is 3.89. The molecule has 1 N–H and O–H groups in total. The van der Waals surface area contributed by atoms with Crippen LogP contribution in [0.4, 0.5) is 0 Å². The van der Waals surface area contributed by atoms with Gasteiger partial charge in [-0.2, -0.15) is 0 Å². The fourth-order valence-corrected chi connectivity index (χ4v) is 3.54. The number of carbonyl (C=O) groups is 1. The largest absolute Gasteiger partial charge is 0.478 e. The van der Waals surface area contributed by atoms with Crippen LogP contribution in [-0.2, 0) is 12.8 Å². The Morgan fingerprint density at radius 3 is 3.05 bits per heavy atom. The van der Waals surface area contributed by atoms with E-state index in [9.17, 15) is 9.90 Å². The van der Waals surface area contributed by atoms with Crippen molar-refractivity contribution in [2.24, 2.45) is 0 Å². The number of fused-ring (bicyclic) bond motifs is 1. The van der Waals surface area contributed by atoms with Gasteiger partial charge in [0.05, 0.1) is 5.56 Å². The molecule has 3 rings (SSSR count). The second-order valence-electron chi connectivity index (χ2n) is 5.81. The summed E-state index contributed by atoms with van der Waals surface area (Å²) in [6, 6.07) is 7.72. The number of aryl methyl sites for hydroxylation is 2. The third-order valence-electron chi connectivity index (χ3n) is 4.44. The van der Waals surface area contributed by atoms with Gasteiger partial charge in [0.2, 0.25) is 0 Å². The topological polar surface area (TPSA) is 50.2 Å². The second kappa shape index (κ2) is 6.49. The van der Waals surface area contributed by atoms with Gasteiger partial charge in [-0.15, -0.1) is 0 Å². The zero-order chi connectivity index (χ0) is 15.5. The van der Waals surface area contributed by atoms with Crippen LogP contribution >= 0.6 is 11.6 Å². The Bertz CT molecular complexity index is 699. The van der Waals surface area contributed by atoms with E-state index >= 15 is 0 Å². The van der Waals surface area contributed by atoms with Crippen LogP contribution in [0.3, 0.4) is 0 Å². The molecule has 1 aliphatic carbocycles. The molecule has 1 atom stereocenters. The summed E-state index contributed by atoms with van der Waals surface area (Å²) in [5.74, 6) is -0.406. The molecule has 1 aliphatic rings. The highest BCUT2D eigenvalue weighted by molar-refractivity contribution is 6.30. The van der Waals surface area contributed by atoms with E-state index in [-0.39, 0.29) is 0 Å². The molecule has 3 nitrogen and oxygen atoms in total. The number of rotatable bonds is 4. The first-order valence-electron chi connectivity index (χ1n) is 7.59. The summed E-state index contributed by atoms with van der Waals surface area (Å²) in [5, 5.41) is 10.0. The molecule has 22 heavy (non-hydrogen) atoms. The van der Waals surface area contributed by atoms with Crippen LogP contribution in [-0.4, -0.2) is 16.1 Å². The van der Waals surface area contributed by atoms with Gasteiger partial charge in [-0.05, 0) is 72.9 Å². The lowest BCUT2D eigenvalue weighted by atomic mass is 9.80. The number of pyridine rings is 1. The van der Waals surface area contributed by atoms with E-state index in [1.165, 1.54) is 17.3 Å². The summed E-state index contributed by atoms with van der Waals surface area (Å²) < 4.78 is 0. The molecule has 0 saturated heterocycles. The van der Waals surface area contributed by atoms with Crippen molar-refractivity contribution in [1.29, 1.82) is 0 Å². The molecular formula is C18H18ClNO2. The number of nitrogens with zero attached hydrogens (tertiary/aromatic N) is 1. The molecule has 0 amide bonds. The number of aromatic carboxylic acids is 1. The maximum absolute atomic E-state index is 11.3. The van der Waals surface area contributed by atoms with Crippen LogP contribution in [0.15, 0.2) is 36.7 Å². The Morgan fingerprint density at radius 1 is 1.36 bits per heavy atom. The number of benzene rings is 1. The summed E-state index contributed by atoms with van der Waals surface area (Å²) in [6.45, 7) is 0. The van der Waals surface area contributed by atoms with Crippen molar-refractivity contribution in [1.82, 2.24) is 4.98 Å². The van der Waals surface area contributed by atoms with Gasteiger partial charge in [-0.1, -0.05) is 17.7 Å². The van der Waals surface area contributed by atoms with Gasteiger partial charge in [-0.25, -0.2) is 4.79 Å². The SMILES string of the molecule is O=C(O)c1ccncc1CCC1CCCc2cc(Cl)ccc21. The van der Waals surface area contributed by atoms with E-state index in [1.807, 2.05) is 6.07 Å². The molecule has 0 aliphatic heterocycles. The van der Waals surface area contributed by atoms with E-state index in [0.29, 0.717) is 11.5 Å². The summed E-state index contributed by atoms with van der Waals surface area (Å²) in [4.78, 5) is 15.3. The third-order valence-corrected chi connectivity index (χ3v) is 4.67. The fourth-order valence-electron chi connectivity index (χ4n) is 3.35. The van der Waals surface area contributed by atoms with Crippen LogP contribution in [0.1, 0.15) is 52.2 Å². The summed E-state index contributed by atoms with van der Waals surface area (Å²) >= 11 is 6.08. The van der Waals surface area contributed by atoms with Crippen molar-refractivity contribution in [3.05, 3.63) is 63.9 Å². The molecule has 1 aromatic heterocycles. The van der Waals surface area contributed by atoms with Crippen molar-refractivity contribution in [2.45, 2.75) is 38.0 Å². The van der Waals surface area contributed by atoms with Crippen LogP contribution in [0, 0.1) is 0 Å². The van der Waals surface area contributed by atoms with Gasteiger partial charge < -0.3 is 5.11 Å². The quantitative estimate of drug-likeness (QED) is 0.904. The average molecular weight is 316 g/mol. The Hall–Kier alpha value is -1.87. The average Bonchev–Trinajstić information content (AvgIpc) is 2.52. The Balaban J connectivity index is 1.77. The van der Waals surface area contributed by atoms with Crippen LogP contribution < -0.4 is 0 Å². The van der Waals surface area contributed by atoms with Gasteiger partial charge in [0.15, 0.2) is 0 Å². The van der Waals surface area contributed by atoms with Gasteiger partial charge in [0.1, 0.15) is 0 Å². The van der Waals surface area contributed by atoms with E-state index in [0.717, 1.165) is 42.7 Å². The van der Waals surface area contributed by atoms with E-state index in [2.05, 4.69) is 17.1 Å². The lowest BCUT2D eigenvalue weighted by Crippen LogP contribution is -2.12. The summed E-state index contributed by atoms with van der Waals surface area (Å²) in [6.07, 6.45) is 8.29. The molecular weight excluding hydrogens is 298 g/mol. The Morgan fingerprint density at radius 2 is 2.23 bits per heavy atom. The number of carboxylic acid groups (broad SMARTS) is 1. The Labute approximate surface area is 135 Å². The highest BCUT2D eigenvalue weighted by Crippen LogP contribution is 2.36. The molecule has 2 aromatic rings. The smallest absolute Gasteiger partial charge is 0.336 e. The first-order chi connectivity index (χ1) is 10.6. The predicted molar refractivity (Wildman–Crippen MR) is 86.6 cm³/mol. The lowest BCUT2D eigenvalue weighted by molar-refractivity contribution is 0.0695. The maximum atomic E-state index is 11.3. The molecule has 1 aromatic carbocycles. The first-order valence-corrected chi connectivity index (χ1v) is 7.97. The minimum absolute atomic E-state index is 0.363. The number of hydrogen-bond acceptors (Lipinski definition) is 2. The normalized spacial score (nSPS) is 17.0. The van der Waals surface area contributed by atoms with Crippen molar-refractivity contribution in [2.75, 3.05) is 0 Å². The van der Waals surface area contributed by atoms with Crippen LogP contribution in [0.25, 0.3) is 0 Å². The Kier molecular flexibility index (Phi) is 4.44. The molecule has 0 radical (unpaired) electrons. The molecule has 1 unspecified atom stereocenters. The molecule has 0 bridgehead atoms. The number of hydrogen-bond donors (Lipinski definition) is 1. The minimum atomic E-state index is -0.881. The fraction of sp³-hybridized carbons (Fsp3) is 0.333. The third kappa shape index (κ3) is 3.14. The van der Waals surface area contributed by atoms with Gasteiger partial charge in [-0.3, -0.25) is 4.98 Å². The van der Waals surface area contributed by atoms with E-state index in [1.54, 1.807) is 12.3 Å². The summed E-state index contributed by atoms with van der Waals surface area (Å²) in [7, 11) is 0. The lowest BCUT2D eigenvalue weighted by Gasteiger charge is -2.26. The van der Waals surface area contributed by atoms with Gasteiger partial charge in [0, 0.05) is 17.4 Å². The molecule has 114 valence electrons. The van der Waals surface area contributed by atoms with Gasteiger partial charge in [0.25, 0.3) is 0 Å². The number of carboxylic acids is 1. The zero-order valence-corrected chi connectivity index (χ0v) is 13.0. The van der Waals surface area contributed by atoms with Crippen LogP contribution in [0.2, 0.25) is 5.02 Å². The highest BCUT2D eigenvalue weighted by Gasteiger charge is 2.21. The van der Waals surface area contributed by atoms with Crippen LogP contribution in [0.5, 0.6) is 0 Å². The van der Waals surface area contributed by atoms with E-state index < -0.39 is 5.97 Å². The predicted octanol–water partition coefficient (Wildman–Crippen LogP) is 4.49. The maximum Gasteiger partial charge on any atom is 0.336 e. The zero-order valence-electron chi connectivity index (χ0n) is 12.3. The van der Waals surface area contributed by atoms with E-state index in [4.69, 9.17) is 11.6 Å². The number of halogens is 1. The van der Waals surface area contributed by atoms with Crippen molar-refractivity contribution in [3.8, 4) is 0 Å². The van der Waals surface area contributed by atoms with Crippen molar-refractivity contribution < 1.29 is 9.90 Å². The highest BCUT2D eigenvalue weighted by atomic mass is 35.5. The number of aromatic nitrogens is 1.